The summed E-state index contributed by atoms with van der Waals surface area (Å²) in [6.07, 6.45) is 2.95. The zero-order valence-electron chi connectivity index (χ0n) is 15.3. The van der Waals surface area contributed by atoms with Gasteiger partial charge in [0.2, 0.25) is 5.91 Å². The predicted octanol–water partition coefficient (Wildman–Crippen LogP) is 3.79. The monoisotopic (exact) mass is 366 g/mol. The van der Waals surface area contributed by atoms with Crippen LogP contribution >= 0.6 is 11.8 Å². The van der Waals surface area contributed by atoms with Crippen LogP contribution in [0.1, 0.15) is 29.5 Å². The second-order valence-corrected chi connectivity index (χ2v) is 8.71. The maximum atomic E-state index is 12.7. The van der Waals surface area contributed by atoms with Gasteiger partial charge in [-0.2, -0.15) is 0 Å². The molecule has 4 heteroatoms. The molecule has 1 atom stereocenters. The van der Waals surface area contributed by atoms with Crippen molar-refractivity contribution in [3.8, 4) is 0 Å². The molecule has 1 N–H and O–H groups in total. The molecule has 26 heavy (non-hydrogen) atoms. The van der Waals surface area contributed by atoms with Crippen LogP contribution in [0.2, 0.25) is 0 Å². The van der Waals surface area contributed by atoms with Gasteiger partial charge in [0.25, 0.3) is 0 Å². The lowest BCUT2D eigenvalue weighted by Gasteiger charge is -2.32. The van der Waals surface area contributed by atoms with Gasteiger partial charge in [-0.1, -0.05) is 48.0 Å². The SMILES string of the molecule is Cc1ccc2c(c1)SC(C(=O)NC1CCN(Cc3ccccc3)CC1)C2. The van der Waals surface area contributed by atoms with E-state index in [9.17, 15) is 4.79 Å². The largest absolute Gasteiger partial charge is 0.352 e. The Hall–Kier alpha value is -1.78. The lowest BCUT2D eigenvalue weighted by atomic mass is 10.0. The Morgan fingerprint density at radius 1 is 1.15 bits per heavy atom. The number of amides is 1. The summed E-state index contributed by atoms with van der Waals surface area (Å²) in [6.45, 7) is 5.22. The van der Waals surface area contributed by atoms with Crippen molar-refractivity contribution in [2.75, 3.05) is 13.1 Å². The van der Waals surface area contributed by atoms with E-state index >= 15 is 0 Å². The summed E-state index contributed by atoms with van der Waals surface area (Å²) in [7, 11) is 0. The average molecular weight is 367 g/mol. The molecule has 1 amide bonds. The summed E-state index contributed by atoms with van der Waals surface area (Å²) in [5, 5.41) is 3.34. The van der Waals surface area contributed by atoms with Crippen LogP contribution in [-0.2, 0) is 17.8 Å². The van der Waals surface area contributed by atoms with Crippen molar-refractivity contribution in [2.45, 2.75) is 48.9 Å². The fourth-order valence-electron chi connectivity index (χ4n) is 3.85. The Balaban J connectivity index is 1.25. The molecule has 2 aromatic rings. The van der Waals surface area contributed by atoms with E-state index in [1.165, 1.54) is 21.6 Å². The molecule has 0 saturated carbocycles. The van der Waals surface area contributed by atoms with Crippen molar-refractivity contribution >= 4 is 17.7 Å². The number of nitrogens with zero attached hydrogens (tertiary/aromatic N) is 1. The van der Waals surface area contributed by atoms with E-state index < -0.39 is 0 Å². The summed E-state index contributed by atoms with van der Waals surface area (Å²) in [4.78, 5) is 16.5. The Morgan fingerprint density at radius 3 is 2.69 bits per heavy atom. The van der Waals surface area contributed by atoms with Crippen LogP contribution in [-0.4, -0.2) is 35.2 Å². The number of rotatable bonds is 4. The van der Waals surface area contributed by atoms with Crippen molar-refractivity contribution in [2.24, 2.45) is 0 Å². The molecule has 2 aromatic carbocycles. The number of piperidine rings is 1. The first-order valence-electron chi connectivity index (χ1n) is 9.50. The summed E-state index contributed by atoms with van der Waals surface area (Å²) < 4.78 is 0. The first-order chi connectivity index (χ1) is 12.7. The fourth-order valence-corrected chi connectivity index (χ4v) is 5.15. The Morgan fingerprint density at radius 2 is 1.92 bits per heavy atom. The topological polar surface area (TPSA) is 32.3 Å². The molecule has 0 aromatic heterocycles. The summed E-state index contributed by atoms with van der Waals surface area (Å²) >= 11 is 1.73. The highest BCUT2D eigenvalue weighted by Crippen LogP contribution is 2.37. The molecule has 1 unspecified atom stereocenters. The molecule has 2 aliphatic heterocycles. The van der Waals surface area contributed by atoms with Gasteiger partial charge in [-0.05, 0) is 43.4 Å². The van der Waals surface area contributed by atoms with E-state index in [2.05, 4.69) is 65.7 Å². The molecular formula is C22H26N2OS. The van der Waals surface area contributed by atoms with E-state index in [-0.39, 0.29) is 11.2 Å². The molecule has 1 saturated heterocycles. The third-order valence-corrected chi connectivity index (χ3v) is 6.67. The van der Waals surface area contributed by atoms with Gasteiger partial charge in [0.1, 0.15) is 0 Å². The van der Waals surface area contributed by atoms with E-state index in [0.717, 1.165) is 38.9 Å². The lowest BCUT2D eigenvalue weighted by Crippen LogP contribution is -2.46. The first kappa shape index (κ1) is 17.6. The van der Waals surface area contributed by atoms with E-state index in [1.807, 2.05) is 0 Å². The molecular weight excluding hydrogens is 340 g/mol. The van der Waals surface area contributed by atoms with Gasteiger partial charge in [-0.3, -0.25) is 9.69 Å². The van der Waals surface area contributed by atoms with Gasteiger partial charge < -0.3 is 5.32 Å². The lowest BCUT2D eigenvalue weighted by molar-refractivity contribution is -0.121. The predicted molar refractivity (Wildman–Crippen MR) is 107 cm³/mol. The number of likely N-dealkylation sites (tertiary alicyclic amines) is 1. The standard InChI is InChI=1S/C22H26N2OS/c1-16-7-8-18-14-21(26-20(18)13-16)22(25)23-19-9-11-24(12-10-19)15-17-5-3-2-4-6-17/h2-8,13,19,21H,9-12,14-15H2,1H3,(H,23,25). The van der Waals surface area contributed by atoms with E-state index in [4.69, 9.17) is 0 Å². The second kappa shape index (κ2) is 7.85. The van der Waals surface area contributed by atoms with Crippen molar-refractivity contribution in [1.82, 2.24) is 10.2 Å². The van der Waals surface area contributed by atoms with Gasteiger partial charge in [-0.25, -0.2) is 0 Å². The number of hydrogen-bond acceptors (Lipinski definition) is 3. The number of carbonyl (C=O) groups is 1. The maximum absolute atomic E-state index is 12.7. The molecule has 3 nitrogen and oxygen atoms in total. The number of hydrogen-bond donors (Lipinski definition) is 1. The Kier molecular flexibility index (Phi) is 5.32. The Labute approximate surface area is 160 Å². The summed E-state index contributed by atoms with van der Waals surface area (Å²) in [5.74, 6) is 0.213. The van der Waals surface area contributed by atoms with Crippen LogP contribution in [0, 0.1) is 6.92 Å². The second-order valence-electron chi connectivity index (χ2n) is 7.47. The third-order valence-electron chi connectivity index (χ3n) is 5.37. The fraction of sp³-hybridized carbons (Fsp3) is 0.409. The summed E-state index contributed by atoms with van der Waals surface area (Å²) in [6, 6.07) is 17.5. The number of aryl methyl sites for hydroxylation is 1. The molecule has 0 radical (unpaired) electrons. The Bertz CT molecular complexity index is 769. The van der Waals surface area contributed by atoms with E-state index in [0.29, 0.717) is 6.04 Å². The number of benzene rings is 2. The third kappa shape index (κ3) is 4.13. The van der Waals surface area contributed by atoms with Crippen LogP contribution < -0.4 is 5.32 Å². The van der Waals surface area contributed by atoms with Gasteiger partial charge in [0.15, 0.2) is 0 Å². The molecule has 2 aliphatic rings. The van der Waals surface area contributed by atoms with Crippen LogP contribution in [0.5, 0.6) is 0 Å². The van der Waals surface area contributed by atoms with Crippen LogP contribution in [0.3, 0.4) is 0 Å². The normalized spacial score (nSPS) is 20.7. The van der Waals surface area contributed by atoms with Crippen LogP contribution in [0.4, 0.5) is 0 Å². The first-order valence-corrected chi connectivity index (χ1v) is 10.4. The van der Waals surface area contributed by atoms with Gasteiger partial charge in [-0.15, -0.1) is 11.8 Å². The molecule has 0 aliphatic carbocycles. The molecule has 4 rings (SSSR count). The number of carbonyl (C=O) groups excluding carboxylic acids is 1. The highest BCUT2D eigenvalue weighted by Gasteiger charge is 2.30. The van der Waals surface area contributed by atoms with Crippen molar-refractivity contribution in [3.63, 3.8) is 0 Å². The van der Waals surface area contributed by atoms with Crippen molar-refractivity contribution in [3.05, 3.63) is 65.2 Å². The van der Waals surface area contributed by atoms with Crippen molar-refractivity contribution in [1.29, 1.82) is 0 Å². The highest BCUT2D eigenvalue weighted by atomic mass is 32.2. The molecule has 136 valence electrons. The van der Waals surface area contributed by atoms with Gasteiger partial charge in [0.05, 0.1) is 5.25 Å². The number of fused-ring (bicyclic) bond motifs is 1. The summed E-state index contributed by atoms with van der Waals surface area (Å²) in [5.41, 5.74) is 3.95. The van der Waals surface area contributed by atoms with Gasteiger partial charge in [0, 0.05) is 30.6 Å². The zero-order valence-corrected chi connectivity index (χ0v) is 16.1. The molecule has 0 spiro atoms. The highest BCUT2D eigenvalue weighted by molar-refractivity contribution is 8.01. The molecule has 1 fully saturated rings. The smallest absolute Gasteiger partial charge is 0.234 e. The van der Waals surface area contributed by atoms with Gasteiger partial charge >= 0.3 is 0 Å². The minimum atomic E-state index is 0.0362. The van der Waals surface area contributed by atoms with Crippen LogP contribution in [0.25, 0.3) is 0 Å². The quantitative estimate of drug-likeness (QED) is 0.893. The molecule has 0 bridgehead atoms. The average Bonchev–Trinajstić information content (AvgIpc) is 3.07. The minimum Gasteiger partial charge on any atom is -0.352 e. The molecule has 2 heterocycles. The van der Waals surface area contributed by atoms with E-state index in [1.54, 1.807) is 11.8 Å². The maximum Gasteiger partial charge on any atom is 0.234 e. The zero-order chi connectivity index (χ0) is 17.9. The van der Waals surface area contributed by atoms with Crippen molar-refractivity contribution < 1.29 is 4.79 Å². The number of nitrogens with one attached hydrogen (secondary N) is 1. The van der Waals surface area contributed by atoms with Crippen LogP contribution in [0.15, 0.2) is 53.4 Å². The minimum absolute atomic E-state index is 0.0362. The number of thioether (sulfide) groups is 1.